The second-order valence-electron chi connectivity index (χ2n) is 10.2. The monoisotopic (exact) mass is 588 g/mol. The van der Waals surface area contributed by atoms with Crippen LogP contribution in [-0.4, -0.2) is 42.1 Å². The number of ether oxygens (including phenoxy) is 1. The van der Waals surface area contributed by atoms with Crippen LogP contribution in [0.2, 0.25) is 0 Å². The number of hydrogen-bond acceptors (Lipinski definition) is 9. The predicted octanol–water partition coefficient (Wildman–Crippen LogP) is 6.30. The number of thiazole rings is 1. The third-order valence-corrected chi connectivity index (χ3v) is 9.00. The number of rotatable bonds is 9. The standard InChI is InChI=1S/C24H31N5O2S2.C4H9NO2/c1-4-27-33(30,31)22-12-18(28-23-15-25-13-20(29-23)16(2)3)10-11-19(22)21-14-26-24(32-21)17-8-6-5-7-9-17;1-3(2)7-4(5)6/h10-17,27H,4-9H2,1-3H3,(H,28,29);3H,1-2H3,(H2,5,6). The molecule has 0 saturated heterocycles. The predicted molar refractivity (Wildman–Crippen MR) is 159 cm³/mol. The number of primary amides is 1. The third kappa shape index (κ3) is 8.97. The Bertz CT molecular complexity index is 1370. The maximum Gasteiger partial charge on any atom is 0.404 e. The van der Waals surface area contributed by atoms with Crippen molar-refractivity contribution < 1.29 is 17.9 Å². The van der Waals surface area contributed by atoms with Gasteiger partial charge in [-0.05, 0) is 44.7 Å². The van der Waals surface area contributed by atoms with Crippen LogP contribution in [0, 0.1) is 0 Å². The number of sulfonamides is 1. The van der Waals surface area contributed by atoms with E-state index < -0.39 is 16.1 Å². The lowest BCUT2D eigenvalue weighted by Crippen LogP contribution is -2.23. The van der Waals surface area contributed by atoms with E-state index >= 15 is 0 Å². The minimum Gasteiger partial charge on any atom is -0.447 e. The fourth-order valence-electron chi connectivity index (χ4n) is 4.34. The van der Waals surface area contributed by atoms with E-state index in [4.69, 9.17) is 0 Å². The molecule has 0 atom stereocenters. The number of hydrogen-bond donors (Lipinski definition) is 3. The Balaban J connectivity index is 0.000000559. The van der Waals surface area contributed by atoms with Crippen molar-refractivity contribution in [3.05, 3.63) is 47.5 Å². The second kappa shape index (κ2) is 14.5. The van der Waals surface area contributed by atoms with E-state index in [9.17, 15) is 13.2 Å². The van der Waals surface area contributed by atoms with Gasteiger partial charge in [0.1, 0.15) is 5.82 Å². The first-order valence-electron chi connectivity index (χ1n) is 13.6. The number of aromatic nitrogens is 3. The van der Waals surface area contributed by atoms with Crippen molar-refractivity contribution in [1.82, 2.24) is 19.7 Å². The summed E-state index contributed by atoms with van der Waals surface area (Å²) in [5, 5.41) is 4.32. The normalized spacial score (nSPS) is 14.1. The number of carbonyl (C=O) groups is 1. The van der Waals surface area contributed by atoms with Gasteiger partial charge in [0, 0.05) is 36.1 Å². The average molecular weight is 589 g/mol. The van der Waals surface area contributed by atoms with Crippen molar-refractivity contribution in [1.29, 1.82) is 0 Å². The summed E-state index contributed by atoms with van der Waals surface area (Å²) in [5.41, 5.74) is 6.82. The molecule has 0 unspecified atom stereocenters. The van der Waals surface area contributed by atoms with Gasteiger partial charge in [-0.25, -0.2) is 27.9 Å². The summed E-state index contributed by atoms with van der Waals surface area (Å²) in [7, 11) is -3.69. The second-order valence-corrected chi connectivity index (χ2v) is 13.0. The van der Waals surface area contributed by atoms with E-state index in [0.717, 1.165) is 28.4 Å². The van der Waals surface area contributed by atoms with Crippen LogP contribution >= 0.6 is 11.3 Å². The number of amides is 1. The Morgan fingerprint density at radius 1 is 1.12 bits per heavy atom. The molecule has 0 radical (unpaired) electrons. The molecule has 0 spiro atoms. The first kappa shape index (κ1) is 31.4. The Kier molecular flexibility index (Phi) is 11.4. The van der Waals surface area contributed by atoms with Gasteiger partial charge >= 0.3 is 6.09 Å². The molecule has 1 aliphatic carbocycles. The molecule has 0 aliphatic heterocycles. The Hall–Kier alpha value is -3.09. The highest BCUT2D eigenvalue weighted by Crippen LogP contribution is 2.39. The van der Waals surface area contributed by atoms with E-state index in [1.807, 2.05) is 18.3 Å². The molecule has 4 rings (SSSR count). The summed E-state index contributed by atoms with van der Waals surface area (Å²) < 4.78 is 33.2. The van der Waals surface area contributed by atoms with E-state index in [0.29, 0.717) is 29.5 Å². The molecule has 3 aromatic rings. The number of carbonyl (C=O) groups excluding carboxylic acids is 1. The van der Waals surface area contributed by atoms with Gasteiger partial charge in [0.05, 0.1) is 32.8 Å². The van der Waals surface area contributed by atoms with Gasteiger partial charge in [0.15, 0.2) is 0 Å². The Labute approximate surface area is 241 Å². The van der Waals surface area contributed by atoms with Gasteiger partial charge < -0.3 is 15.8 Å². The molecule has 10 nitrogen and oxygen atoms in total. The maximum atomic E-state index is 13.1. The van der Waals surface area contributed by atoms with Crippen molar-refractivity contribution >= 4 is 39.0 Å². The zero-order valence-corrected chi connectivity index (χ0v) is 25.4. The van der Waals surface area contributed by atoms with Crippen LogP contribution in [0.1, 0.15) is 89.3 Å². The number of nitrogens with zero attached hydrogens (tertiary/aromatic N) is 3. The van der Waals surface area contributed by atoms with E-state index in [1.165, 1.54) is 19.3 Å². The number of nitrogens with one attached hydrogen (secondary N) is 2. The average Bonchev–Trinajstić information content (AvgIpc) is 3.39. The summed E-state index contributed by atoms with van der Waals surface area (Å²) >= 11 is 1.61. The van der Waals surface area contributed by atoms with E-state index in [-0.39, 0.29) is 16.9 Å². The van der Waals surface area contributed by atoms with Crippen molar-refractivity contribution in [2.45, 2.75) is 89.6 Å². The molecule has 40 heavy (non-hydrogen) atoms. The van der Waals surface area contributed by atoms with E-state index in [2.05, 4.69) is 49.3 Å². The number of nitrogens with two attached hydrogens (primary N) is 1. The largest absolute Gasteiger partial charge is 0.447 e. The summed E-state index contributed by atoms with van der Waals surface area (Å²) in [6.07, 6.45) is 10.5. The first-order chi connectivity index (χ1) is 19.0. The van der Waals surface area contributed by atoms with Gasteiger partial charge in [0.25, 0.3) is 0 Å². The summed E-state index contributed by atoms with van der Waals surface area (Å²) in [5.74, 6) is 1.31. The van der Waals surface area contributed by atoms with Gasteiger partial charge in [-0.3, -0.25) is 4.98 Å². The highest BCUT2D eigenvalue weighted by Gasteiger charge is 2.23. The van der Waals surface area contributed by atoms with Gasteiger partial charge in [-0.2, -0.15) is 0 Å². The molecular formula is C28H40N6O4S2. The minimum atomic E-state index is -3.69. The molecule has 218 valence electrons. The molecule has 1 fully saturated rings. The van der Waals surface area contributed by atoms with Crippen LogP contribution in [0.5, 0.6) is 0 Å². The fourth-order valence-corrected chi connectivity index (χ4v) is 6.82. The maximum absolute atomic E-state index is 13.1. The lowest BCUT2D eigenvalue weighted by atomic mass is 9.90. The molecule has 1 aromatic carbocycles. The Morgan fingerprint density at radius 3 is 2.45 bits per heavy atom. The molecule has 12 heteroatoms. The smallest absolute Gasteiger partial charge is 0.404 e. The Morgan fingerprint density at radius 2 is 1.85 bits per heavy atom. The quantitative estimate of drug-likeness (QED) is 0.263. The zero-order chi connectivity index (χ0) is 29.3. The van der Waals surface area contributed by atoms with Crippen LogP contribution in [0.25, 0.3) is 10.4 Å². The van der Waals surface area contributed by atoms with Crippen molar-refractivity contribution in [2.75, 3.05) is 11.9 Å². The molecule has 1 amide bonds. The summed E-state index contributed by atoms with van der Waals surface area (Å²) in [4.78, 5) is 24.4. The summed E-state index contributed by atoms with van der Waals surface area (Å²) in [6, 6.07) is 5.39. The van der Waals surface area contributed by atoms with Crippen molar-refractivity contribution in [3.8, 4) is 10.4 Å². The van der Waals surface area contributed by atoms with Crippen molar-refractivity contribution in [3.63, 3.8) is 0 Å². The molecular weight excluding hydrogens is 548 g/mol. The topological polar surface area (TPSA) is 149 Å². The van der Waals surface area contributed by atoms with Gasteiger partial charge in [0.2, 0.25) is 10.0 Å². The summed E-state index contributed by atoms with van der Waals surface area (Å²) in [6.45, 7) is 9.69. The SMILES string of the molecule is CC(C)OC(N)=O.CCNS(=O)(=O)c1cc(Nc2cncc(C(C)C)n2)ccc1-c1cnc(C2CCCCC2)s1. The molecule has 4 N–H and O–H groups in total. The fraction of sp³-hybridized carbons (Fsp3) is 0.500. The van der Waals surface area contributed by atoms with Crippen LogP contribution < -0.4 is 15.8 Å². The van der Waals surface area contributed by atoms with Crippen LogP contribution in [0.15, 0.2) is 41.7 Å². The van der Waals surface area contributed by atoms with Crippen LogP contribution in [-0.2, 0) is 14.8 Å². The minimum absolute atomic E-state index is 0.0995. The number of anilines is 2. The molecule has 1 saturated carbocycles. The first-order valence-corrected chi connectivity index (χ1v) is 15.9. The highest BCUT2D eigenvalue weighted by atomic mass is 32.2. The van der Waals surface area contributed by atoms with Crippen molar-refractivity contribution in [2.24, 2.45) is 5.73 Å². The molecule has 1 aliphatic rings. The van der Waals surface area contributed by atoms with Gasteiger partial charge in [-0.15, -0.1) is 11.3 Å². The molecule has 2 aromatic heterocycles. The van der Waals surface area contributed by atoms with E-state index in [1.54, 1.807) is 50.6 Å². The van der Waals surface area contributed by atoms with Gasteiger partial charge in [-0.1, -0.05) is 46.1 Å². The molecule has 2 heterocycles. The van der Waals surface area contributed by atoms with Crippen LogP contribution in [0.3, 0.4) is 0 Å². The lowest BCUT2D eigenvalue weighted by Gasteiger charge is -2.18. The third-order valence-electron chi connectivity index (χ3n) is 6.22. The zero-order valence-electron chi connectivity index (χ0n) is 23.8. The highest BCUT2D eigenvalue weighted by molar-refractivity contribution is 7.89. The lowest BCUT2D eigenvalue weighted by molar-refractivity contribution is 0.125. The molecule has 0 bridgehead atoms. The van der Waals surface area contributed by atoms with Crippen LogP contribution in [0.4, 0.5) is 16.3 Å². The number of benzene rings is 1.